The van der Waals surface area contributed by atoms with Crippen LogP contribution in [0.5, 0.6) is 0 Å². The van der Waals surface area contributed by atoms with E-state index >= 15 is 0 Å². The molecule has 1 N–H and O–H groups in total. The van der Waals surface area contributed by atoms with Crippen LogP contribution in [0.25, 0.3) is 0 Å². The molecule has 1 aromatic heterocycles. The van der Waals surface area contributed by atoms with Crippen LogP contribution in [0.4, 0.5) is 0 Å². The number of aryl methyl sites for hydroxylation is 1. The second-order valence-corrected chi connectivity index (χ2v) is 5.56. The van der Waals surface area contributed by atoms with E-state index in [1.807, 2.05) is 6.92 Å². The van der Waals surface area contributed by atoms with E-state index in [9.17, 15) is 5.11 Å². The van der Waals surface area contributed by atoms with Gasteiger partial charge in [0.15, 0.2) is 0 Å². The largest absolute Gasteiger partial charge is 0.385 e. The maximum Gasteiger partial charge on any atom is 0.122 e. The van der Waals surface area contributed by atoms with Crippen LogP contribution < -0.4 is 0 Å². The van der Waals surface area contributed by atoms with Crippen molar-refractivity contribution in [1.82, 2.24) is 4.98 Å². The molecule has 0 aliphatic carbocycles. The van der Waals surface area contributed by atoms with Crippen molar-refractivity contribution in [1.29, 1.82) is 0 Å². The molecule has 1 saturated heterocycles. The third-order valence-corrected chi connectivity index (χ3v) is 4.14. The summed E-state index contributed by atoms with van der Waals surface area (Å²) in [6, 6.07) is 0. The third kappa shape index (κ3) is 2.22. The van der Waals surface area contributed by atoms with Crippen LogP contribution in [-0.4, -0.2) is 16.7 Å². The Bertz CT molecular complexity index is 348. The molecule has 0 aromatic carbocycles. The Kier molecular flexibility index (Phi) is 2.83. The van der Waals surface area contributed by atoms with Gasteiger partial charge < -0.3 is 9.84 Å². The number of hydrogen-bond donors (Lipinski definition) is 1. The minimum Gasteiger partial charge on any atom is -0.385 e. The highest BCUT2D eigenvalue weighted by molar-refractivity contribution is 7.12. The Hall–Kier alpha value is -0.450. The van der Waals surface area contributed by atoms with Gasteiger partial charge >= 0.3 is 0 Å². The molecule has 0 amide bonds. The minimum atomic E-state index is -0.793. The SMILES string of the molecule is Cc1nc(C2CCCO2)sc1C(C)(C)O. The fourth-order valence-corrected chi connectivity index (χ4v) is 3.05. The molecule has 15 heavy (non-hydrogen) atoms. The summed E-state index contributed by atoms with van der Waals surface area (Å²) in [6.07, 6.45) is 2.32. The quantitative estimate of drug-likeness (QED) is 0.844. The highest BCUT2D eigenvalue weighted by atomic mass is 32.1. The number of ether oxygens (including phenoxy) is 1. The van der Waals surface area contributed by atoms with Crippen LogP contribution in [0.2, 0.25) is 0 Å². The summed E-state index contributed by atoms with van der Waals surface area (Å²) < 4.78 is 5.59. The lowest BCUT2D eigenvalue weighted by Gasteiger charge is -2.15. The van der Waals surface area contributed by atoms with Crippen molar-refractivity contribution in [2.45, 2.75) is 45.3 Å². The second-order valence-electron chi connectivity index (χ2n) is 4.53. The Morgan fingerprint density at radius 3 is 2.73 bits per heavy atom. The zero-order valence-electron chi connectivity index (χ0n) is 9.41. The topological polar surface area (TPSA) is 42.4 Å². The van der Waals surface area contributed by atoms with E-state index in [4.69, 9.17) is 4.74 Å². The number of hydrogen-bond acceptors (Lipinski definition) is 4. The predicted molar refractivity (Wildman–Crippen MR) is 60.0 cm³/mol. The average molecular weight is 227 g/mol. The first-order chi connectivity index (χ1) is 6.98. The van der Waals surface area contributed by atoms with Gasteiger partial charge in [0.25, 0.3) is 0 Å². The monoisotopic (exact) mass is 227 g/mol. The van der Waals surface area contributed by atoms with E-state index in [2.05, 4.69) is 4.98 Å². The molecule has 1 unspecified atom stereocenters. The van der Waals surface area contributed by atoms with E-state index in [1.54, 1.807) is 25.2 Å². The maximum atomic E-state index is 9.96. The highest BCUT2D eigenvalue weighted by Crippen LogP contribution is 2.36. The van der Waals surface area contributed by atoms with Crippen LogP contribution in [0.15, 0.2) is 0 Å². The molecule has 1 atom stereocenters. The van der Waals surface area contributed by atoms with Crippen molar-refractivity contribution in [2.24, 2.45) is 0 Å². The van der Waals surface area contributed by atoms with E-state index < -0.39 is 5.60 Å². The van der Waals surface area contributed by atoms with Crippen LogP contribution in [0.1, 0.15) is 48.4 Å². The van der Waals surface area contributed by atoms with E-state index in [0.717, 1.165) is 35.0 Å². The normalized spacial score (nSPS) is 22.3. The number of aliphatic hydroxyl groups is 1. The van der Waals surface area contributed by atoms with Gasteiger partial charge in [-0.15, -0.1) is 11.3 Å². The zero-order chi connectivity index (χ0) is 11.1. The Balaban J connectivity index is 2.28. The lowest BCUT2D eigenvalue weighted by Crippen LogP contribution is -2.14. The first-order valence-corrected chi connectivity index (χ1v) is 6.12. The van der Waals surface area contributed by atoms with Gasteiger partial charge in [0.05, 0.1) is 16.2 Å². The Labute approximate surface area is 94.1 Å². The molecule has 4 heteroatoms. The molecule has 0 radical (unpaired) electrons. The van der Waals surface area contributed by atoms with Crippen LogP contribution in [0.3, 0.4) is 0 Å². The van der Waals surface area contributed by atoms with Gasteiger partial charge in [-0.3, -0.25) is 0 Å². The lowest BCUT2D eigenvalue weighted by molar-refractivity contribution is 0.0817. The highest BCUT2D eigenvalue weighted by Gasteiger charge is 2.27. The van der Waals surface area contributed by atoms with E-state index in [-0.39, 0.29) is 6.10 Å². The summed E-state index contributed by atoms with van der Waals surface area (Å²) in [5.41, 5.74) is 0.136. The Morgan fingerprint density at radius 2 is 2.27 bits per heavy atom. The molecule has 84 valence electrons. The van der Waals surface area contributed by atoms with Crippen molar-refractivity contribution in [3.05, 3.63) is 15.6 Å². The summed E-state index contributed by atoms with van der Waals surface area (Å²) in [7, 11) is 0. The summed E-state index contributed by atoms with van der Waals surface area (Å²) in [5.74, 6) is 0. The van der Waals surface area contributed by atoms with Crippen LogP contribution >= 0.6 is 11.3 Å². The van der Waals surface area contributed by atoms with E-state index in [0.29, 0.717) is 0 Å². The van der Waals surface area contributed by atoms with Gasteiger partial charge in [-0.1, -0.05) is 0 Å². The molecule has 2 rings (SSSR count). The lowest BCUT2D eigenvalue weighted by atomic mass is 10.1. The molecule has 1 aromatic rings. The summed E-state index contributed by atoms with van der Waals surface area (Å²) in [5, 5.41) is 11.0. The summed E-state index contributed by atoms with van der Waals surface area (Å²) in [6.45, 7) is 6.38. The molecular weight excluding hydrogens is 210 g/mol. The van der Waals surface area contributed by atoms with Crippen molar-refractivity contribution < 1.29 is 9.84 Å². The summed E-state index contributed by atoms with van der Waals surface area (Å²) in [4.78, 5) is 5.44. The van der Waals surface area contributed by atoms with Crippen LogP contribution in [-0.2, 0) is 10.3 Å². The standard InChI is InChI=1S/C11H17NO2S/c1-7-9(11(2,3)13)15-10(12-7)8-5-4-6-14-8/h8,13H,4-6H2,1-3H3. The molecule has 1 aliphatic heterocycles. The molecule has 0 saturated carbocycles. The number of aromatic nitrogens is 1. The van der Waals surface area contributed by atoms with Crippen molar-refractivity contribution in [2.75, 3.05) is 6.61 Å². The van der Waals surface area contributed by atoms with E-state index in [1.165, 1.54) is 0 Å². The zero-order valence-corrected chi connectivity index (χ0v) is 10.2. The van der Waals surface area contributed by atoms with Gasteiger partial charge in [0.1, 0.15) is 11.1 Å². The Morgan fingerprint density at radius 1 is 1.53 bits per heavy atom. The average Bonchev–Trinajstić information content (AvgIpc) is 2.68. The number of thiazole rings is 1. The van der Waals surface area contributed by atoms with Gasteiger partial charge in [-0.05, 0) is 33.6 Å². The van der Waals surface area contributed by atoms with Crippen molar-refractivity contribution >= 4 is 11.3 Å². The van der Waals surface area contributed by atoms with Gasteiger partial charge in [0.2, 0.25) is 0 Å². The third-order valence-electron chi connectivity index (χ3n) is 2.57. The first-order valence-electron chi connectivity index (χ1n) is 5.30. The molecule has 1 aliphatic rings. The summed E-state index contributed by atoms with van der Waals surface area (Å²) >= 11 is 1.58. The fourth-order valence-electron chi connectivity index (χ4n) is 1.90. The van der Waals surface area contributed by atoms with Crippen LogP contribution in [0, 0.1) is 6.92 Å². The number of nitrogens with zero attached hydrogens (tertiary/aromatic N) is 1. The first kappa shape index (κ1) is 11.0. The van der Waals surface area contributed by atoms with Gasteiger partial charge in [-0.2, -0.15) is 0 Å². The number of rotatable bonds is 2. The fraction of sp³-hybridized carbons (Fsp3) is 0.727. The van der Waals surface area contributed by atoms with Crippen molar-refractivity contribution in [3.8, 4) is 0 Å². The van der Waals surface area contributed by atoms with Gasteiger partial charge in [-0.25, -0.2) is 4.98 Å². The predicted octanol–water partition coefficient (Wildman–Crippen LogP) is 2.53. The molecular formula is C11H17NO2S. The maximum absolute atomic E-state index is 9.96. The molecule has 2 heterocycles. The molecule has 3 nitrogen and oxygen atoms in total. The minimum absolute atomic E-state index is 0.157. The molecule has 0 spiro atoms. The smallest absolute Gasteiger partial charge is 0.122 e. The second kappa shape index (κ2) is 3.85. The molecule has 0 bridgehead atoms. The van der Waals surface area contributed by atoms with Crippen molar-refractivity contribution in [3.63, 3.8) is 0 Å². The molecule has 1 fully saturated rings. The van der Waals surface area contributed by atoms with Gasteiger partial charge in [0, 0.05) is 6.61 Å².